The Kier molecular flexibility index (Phi) is 7.25. The van der Waals surface area contributed by atoms with Crippen molar-refractivity contribution in [2.24, 2.45) is 5.41 Å². The van der Waals surface area contributed by atoms with Gasteiger partial charge in [-0.3, -0.25) is 0 Å². The maximum Gasteiger partial charge on any atom is 0.0576 e. The average molecular weight is 255 g/mol. The van der Waals surface area contributed by atoms with Crippen molar-refractivity contribution in [2.75, 3.05) is 13.2 Å². The van der Waals surface area contributed by atoms with Crippen LogP contribution in [0.5, 0.6) is 0 Å². The van der Waals surface area contributed by atoms with E-state index in [1.807, 2.05) is 0 Å². The van der Waals surface area contributed by atoms with Gasteiger partial charge in [-0.15, -0.1) is 0 Å². The zero-order chi connectivity index (χ0) is 13.4. The fourth-order valence-electron chi connectivity index (χ4n) is 2.63. The Bertz CT molecular complexity index is 202. The molecule has 2 nitrogen and oxygen atoms in total. The Morgan fingerprint density at radius 2 is 1.78 bits per heavy atom. The van der Waals surface area contributed by atoms with Crippen LogP contribution in [0.1, 0.15) is 72.6 Å². The molecule has 0 aliphatic heterocycles. The van der Waals surface area contributed by atoms with Crippen LogP contribution in [0, 0.1) is 5.41 Å². The first-order valence-corrected chi connectivity index (χ1v) is 7.86. The summed E-state index contributed by atoms with van der Waals surface area (Å²) in [5.41, 5.74) is 0.449. The number of ether oxygens (including phenoxy) is 1. The molecule has 0 unspecified atom stereocenters. The van der Waals surface area contributed by atoms with Gasteiger partial charge in [-0.25, -0.2) is 0 Å². The fourth-order valence-corrected chi connectivity index (χ4v) is 2.63. The van der Waals surface area contributed by atoms with Gasteiger partial charge in [0.2, 0.25) is 0 Å². The lowest BCUT2D eigenvalue weighted by Crippen LogP contribution is -2.35. The molecule has 0 amide bonds. The van der Waals surface area contributed by atoms with Crippen LogP contribution in [0.2, 0.25) is 0 Å². The Labute approximate surface area is 114 Å². The minimum Gasteiger partial charge on any atom is -0.378 e. The summed E-state index contributed by atoms with van der Waals surface area (Å²) in [7, 11) is 0. The van der Waals surface area contributed by atoms with Crippen LogP contribution in [0.4, 0.5) is 0 Å². The lowest BCUT2D eigenvalue weighted by Gasteiger charge is -2.29. The highest BCUT2D eigenvalue weighted by Gasteiger charge is 2.21. The Balaban J connectivity index is 2.02. The summed E-state index contributed by atoms with van der Waals surface area (Å²) in [4.78, 5) is 0. The van der Waals surface area contributed by atoms with Crippen molar-refractivity contribution in [3.05, 3.63) is 0 Å². The first-order chi connectivity index (χ1) is 8.51. The number of rotatable bonds is 7. The van der Waals surface area contributed by atoms with Crippen LogP contribution in [0.25, 0.3) is 0 Å². The molecule has 1 rings (SSSR count). The van der Waals surface area contributed by atoms with E-state index in [2.05, 4.69) is 33.0 Å². The van der Waals surface area contributed by atoms with Crippen LogP contribution < -0.4 is 5.32 Å². The maximum atomic E-state index is 6.00. The summed E-state index contributed by atoms with van der Waals surface area (Å²) < 4.78 is 6.00. The second-order valence-corrected chi connectivity index (χ2v) is 6.96. The van der Waals surface area contributed by atoms with Gasteiger partial charge < -0.3 is 10.1 Å². The number of nitrogens with one attached hydrogen (secondary N) is 1. The van der Waals surface area contributed by atoms with Crippen molar-refractivity contribution in [3.8, 4) is 0 Å². The van der Waals surface area contributed by atoms with Crippen molar-refractivity contribution in [1.82, 2.24) is 5.32 Å². The van der Waals surface area contributed by atoms with E-state index in [9.17, 15) is 0 Å². The van der Waals surface area contributed by atoms with Gasteiger partial charge in [-0.1, -0.05) is 27.7 Å². The summed E-state index contributed by atoms with van der Waals surface area (Å²) in [6.45, 7) is 11.3. The van der Waals surface area contributed by atoms with Crippen molar-refractivity contribution in [3.63, 3.8) is 0 Å². The fraction of sp³-hybridized carbons (Fsp3) is 1.00. The summed E-state index contributed by atoms with van der Waals surface area (Å²) in [6.07, 6.45) is 9.33. The topological polar surface area (TPSA) is 21.3 Å². The molecule has 1 N–H and O–H groups in total. The minimum absolute atomic E-state index is 0.449. The SMILES string of the molecule is CCCNC1CCC(OCCCC(C)(C)C)CC1. The normalized spacial score (nSPS) is 25.3. The molecule has 1 aliphatic rings. The molecule has 108 valence electrons. The van der Waals surface area contributed by atoms with Gasteiger partial charge in [0.25, 0.3) is 0 Å². The summed E-state index contributed by atoms with van der Waals surface area (Å²) >= 11 is 0. The Morgan fingerprint density at radius 3 is 2.33 bits per heavy atom. The molecule has 0 spiro atoms. The van der Waals surface area contributed by atoms with E-state index in [4.69, 9.17) is 4.74 Å². The molecule has 1 aliphatic carbocycles. The maximum absolute atomic E-state index is 6.00. The molecule has 0 radical (unpaired) electrons. The third-order valence-electron chi connectivity index (χ3n) is 3.78. The average Bonchev–Trinajstić information content (AvgIpc) is 2.32. The molecule has 0 heterocycles. The molecule has 1 fully saturated rings. The molecule has 18 heavy (non-hydrogen) atoms. The molecule has 0 saturated heterocycles. The van der Waals surface area contributed by atoms with Gasteiger partial charge >= 0.3 is 0 Å². The zero-order valence-electron chi connectivity index (χ0n) is 12.9. The van der Waals surface area contributed by atoms with Gasteiger partial charge in [0.15, 0.2) is 0 Å². The molecule has 0 aromatic heterocycles. The standard InChI is InChI=1S/C16H33NO/c1-5-12-17-14-7-9-15(10-8-14)18-13-6-11-16(2,3)4/h14-15,17H,5-13H2,1-4H3. The summed E-state index contributed by atoms with van der Waals surface area (Å²) in [5.74, 6) is 0. The monoisotopic (exact) mass is 255 g/mol. The molecule has 0 aromatic rings. The van der Waals surface area contributed by atoms with Crippen LogP contribution in [-0.2, 0) is 4.74 Å². The largest absolute Gasteiger partial charge is 0.378 e. The predicted molar refractivity (Wildman–Crippen MR) is 79.0 cm³/mol. The summed E-state index contributed by atoms with van der Waals surface area (Å²) in [5, 5.41) is 3.62. The van der Waals surface area contributed by atoms with Gasteiger partial charge in [0, 0.05) is 12.6 Å². The highest BCUT2D eigenvalue weighted by molar-refractivity contribution is 4.77. The molecule has 0 atom stereocenters. The molecule has 2 heteroatoms. The van der Waals surface area contributed by atoms with Crippen LogP contribution in [0.3, 0.4) is 0 Å². The van der Waals surface area contributed by atoms with Crippen LogP contribution >= 0.6 is 0 Å². The Morgan fingerprint density at radius 1 is 1.11 bits per heavy atom. The lowest BCUT2D eigenvalue weighted by atomic mass is 9.90. The van der Waals surface area contributed by atoms with E-state index < -0.39 is 0 Å². The van der Waals surface area contributed by atoms with Crippen molar-refractivity contribution in [1.29, 1.82) is 0 Å². The Hall–Kier alpha value is -0.0800. The number of hydrogen-bond acceptors (Lipinski definition) is 2. The zero-order valence-corrected chi connectivity index (χ0v) is 12.9. The van der Waals surface area contributed by atoms with Gasteiger partial charge in [0.05, 0.1) is 6.10 Å². The molecule has 0 bridgehead atoms. The predicted octanol–water partition coefficient (Wildman–Crippen LogP) is 4.14. The van der Waals surface area contributed by atoms with Crippen molar-refractivity contribution in [2.45, 2.75) is 84.8 Å². The lowest BCUT2D eigenvalue weighted by molar-refractivity contribution is 0.0178. The molecule has 0 aromatic carbocycles. The first-order valence-electron chi connectivity index (χ1n) is 7.86. The van der Waals surface area contributed by atoms with Crippen LogP contribution in [0.15, 0.2) is 0 Å². The molecule has 1 saturated carbocycles. The van der Waals surface area contributed by atoms with Crippen molar-refractivity contribution >= 4 is 0 Å². The highest BCUT2D eigenvalue weighted by Crippen LogP contribution is 2.23. The van der Waals surface area contributed by atoms with Crippen LogP contribution in [-0.4, -0.2) is 25.3 Å². The first kappa shape index (κ1) is 16.0. The summed E-state index contributed by atoms with van der Waals surface area (Å²) in [6, 6.07) is 0.749. The van der Waals surface area contributed by atoms with Gasteiger partial charge in [-0.2, -0.15) is 0 Å². The van der Waals surface area contributed by atoms with E-state index in [1.54, 1.807) is 0 Å². The minimum atomic E-state index is 0.449. The van der Waals surface area contributed by atoms with E-state index in [0.717, 1.165) is 12.6 Å². The van der Waals surface area contributed by atoms with E-state index in [-0.39, 0.29) is 0 Å². The third-order valence-corrected chi connectivity index (χ3v) is 3.78. The molecular weight excluding hydrogens is 222 g/mol. The van der Waals surface area contributed by atoms with E-state index in [0.29, 0.717) is 11.5 Å². The third kappa shape index (κ3) is 7.38. The second kappa shape index (κ2) is 8.16. The van der Waals surface area contributed by atoms with Gasteiger partial charge in [-0.05, 0) is 56.9 Å². The smallest absolute Gasteiger partial charge is 0.0576 e. The van der Waals surface area contributed by atoms with Gasteiger partial charge in [0.1, 0.15) is 0 Å². The quantitative estimate of drug-likeness (QED) is 0.690. The molecular formula is C16H33NO. The number of hydrogen-bond donors (Lipinski definition) is 1. The van der Waals surface area contributed by atoms with E-state index in [1.165, 1.54) is 51.5 Å². The van der Waals surface area contributed by atoms with Crippen molar-refractivity contribution < 1.29 is 4.74 Å². The second-order valence-electron chi connectivity index (χ2n) is 6.96. The highest BCUT2D eigenvalue weighted by atomic mass is 16.5. The van der Waals surface area contributed by atoms with E-state index >= 15 is 0 Å².